The van der Waals surface area contributed by atoms with E-state index in [9.17, 15) is 8.42 Å². The molecule has 1 aromatic heterocycles. The van der Waals surface area contributed by atoms with Gasteiger partial charge in [0.15, 0.2) is 0 Å². The molecule has 0 radical (unpaired) electrons. The van der Waals surface area contributed by atoms with Gasteiger partial charge in [0, 0.05) is 25.5 Å². The fourth-order valence-corrected chi connectivity index (χ4v) is 4.63. The van der Waals surface area contributed by atoms with E-state index in [0.29, 0.717) is 11.4 Å². The van der Waals surface area contributed by atoms with Crippen molar-refractivity contribution >= 4 is 10.0 Å². The Morgan fingerprint density at radius 2 is 1.96 bits per heavy atom. The third kappa shape index (κ3) is 4.02. The summed E-state index contributed by atoms with van der Waals surface area (Å²) in [5.41, 5.74) is 0.661. The first-order chi connectivity index (χ1) is 12.0. The molecule has 0 spiro atoms. The van der Waals surface area contributed by atoms with Crippen molar-refractivity contribution < 1.29 is 17.9 Å². The fraction of sp³-hybridized carbons (Fsp3) is 0.471. The van der Waals surface area contributed by atoms with Gasteiger partial charge in [-0.15, -0.1) is 0 Å². The molecule has 8 heteroatoms. The smallest absolute Gasteiger partial charge is 0.244 e. The van der Waals surface area contributed by atoms with E-state index >= 15 is 0 Å². The minimum atomic E-state index is -3.70. The van der Waals surface area contributed by atoms with Crippen molar-refractivity contribution in [2.24, 2.45) is 0 Å². The number of benzene rings is 1. The van der Waals surface area contributed by atoms with Crippen molar-refractivity contribution in [2.75, 3.05) is 14.2 Å². The van der Waals surface area contributed by atoms with Crippen molar-refractivity contribution in [3.63, 3.8) is 0 Å². The minimum absolute atomic E-state index is 0.0885. The summed E-state index contributed by atoms with van der Waals surface area (Å²) in [5.74, 6) is 0.314. The van der Waals surface area contributed by atoms with Crippen molar-refractivity contribution in [1.29, 1.82) is 0 Å². The molecular weight excluding hydrogens is 342 g/mol. The third-order valence-corrected chi connectivity index (χ3v) is 6.08. The highest BCUT2D eigenvalue weighted by molar-refractivity contribution is 7.89. The van der Waals surface area contributed by atoms with E-state index in [4.69, 9.17) is 9.47 Å². The van der Waals surface area contributed by atoms with Crippen LogP contribution in [0.3, 0.4) is 0 Å². The van der Waals surface area contributed by atoms with Gasteiger partial charge in [-0.2, -0.15) is 5.10 Å². The molecule has 7 nitrogen and oxygen atoms in total. The molecular formula is C17H23N3O4S. The molecule has 1 saturated carbocycles. The Labute approximate surface area is 148 Å². The van der Waals surface area contributed by atoms with Gasteiger partial charge < -0.3 is 9.47 Å². The average Bonchev–Trinajstić information content (AvgIpc) is 3.16. The summed E-state index contributed by atoms with van der Waals surface area (Å²) in [4.78, 5) is 0.122. The van der Waals surface area contributed by atoms with Crippen LogP contribution < -0.4 is 9.46 Å². The van der Waals surface area contributed by atoms with Crippen molar-refractivity contribution in [1.82, 2.24) is 14.5 Å². The SMILES string of the molecule is COc1ccc(-n2cccn2)cc1S(=O)(=O)NC1CCC(OC)CC1. The number of sulfonamides is 1. The zero-order chi connectivity index (χ0) is 17.9. The molecule has 1 fully saturated rings. The standard InChI is InChI=1S/C17H23N3O4S/c1-23-15-7-4-13(5-8-15)19-25(21,22)17-12-14(6-9-16(17)24-2)20-11-3-10-18-20/h3,6,9-13,15,19H,4-5,7-8H2,1-2H3. The molecule has 2 aromatic rings. The van der Waals surface area contributed by atoms with Crippen molar-refractivity contribution in [2.45, 2.75) is 42.7 Å². The van der Waals surface area contributed by atoms with E-state index in [1.807, 2.05) is 0 Å². The van der Waals surface area contributed by atoms with E-state index in [1.165, 1.54) is 7.11 Å². The molecule has 0 saturated heterocycles. The summed E-state index contributed by atoms with van der Waals surface area (Å²) >= 11 is 0. The minimum Gasteiger partial charge on any atom is -0.495 e. The van der Waals surface area contributed by atoms with Crippen LogP contribution in [0.25, 0.3) is 5.69 Å². The van der Waals surface area contributed by atoms with Crippen LogP contribution in [0.15, 0.2) is 41.6 Å². The van der Waals surface area contributed by atoms with Crippen molar-refractivity contribution in [3.8, 4) is 11.4 Å². The lowest BCUT2D eigenvalue weighted by Gasteiger charge is -2.28. The lowest BCUT2D eigenvalue weighted by atomic mass is 9.94. The van der Waals surface area contributed by atoms with Gasteiger partial charge in [0.2, 0.25) is 10.0 Å². The van der Waals surface area contributed by atoms with Crippen LogP contribution in [-0.4, -0.2) is 44.6 Å². The van der Waals surface area contributed by atoms with E-state index in [2.05, 4.69) is 9.82 Å². The van der Waals surface area contributed by atoms with Crippen LogP contribution in [0.1, 0.15) is 25.7 Å². The molecule has 0 amide bonds. The first kappa shape index (κ1) is 17.9. The van der Waals surface area contributed by atoms with E-state index < -0.39 is 10.0 Å². The molecule has 0 bridgehead atoms. The number of ether oxygens (including phenoxy) is 2. The number of nitrogens with zero attached hydrogens (tertiary/aromatic N) is 2. The Balaban J connectivity index is 1.84. The molecule has 1 N–H and O–H groups in total. The largest absolute Gasteiger partial charge is 0.495 e. The van der Waals surface area contributed by atoms with Gasteiger partial charge in [0.1, 0.15) is 10.6 Å². The quantitative estimate of drug-likeness (QED) is 0.848. The molecule has 0 aliphatic heterocycles. The van der Waals surface area contributed by atoms with Gasteiger partial charge >= 0.3 is 0 Å². The van der Waals surface area contributed by atoms with Gasteiger partial charge in [0.05, 0.1) is 18.9 Å². The molecule has 1 heterocycles. The number of aromatic nitrogens is 2. The first-order valence-corrected chi connectivity index (χ1v) is 9.75. The number of methoxy groups -OCH3 is 2. The maximum atomic E-state index is 12.9. The Morgan fingerprint density at radius 1 is 1.20 bits per heavy atom. The van der Waals surface area contributed by atoms with Crippen molar-refractivity contribution in [3.05, 3.63) is 36.7 Å². The van der Waals surface area contributed by atoms with Gasteiger partial charge in [-0.25, -0.2) is 17.8 Å². The second-order valence-corrected chi connectivity index (χ2v) is 7.80. The van der Waals surface area contributed by atoms with Crippen LogP contribution in [-0.2, 0) is 14.8 Å². The monoisotopic (exact) mass is 365 g/mol. The normalized spacial score (nSPS) is 21.2. The predicted octanol–water partition coefficient (Wildman–Crippen LogP) is 2.12. The number of nitrogens with one attached hydrogen (secondary N) is 1. The third-order valence-electron chi connectivity index (χ3n) is 4.54. The molecule has 1 aliphatic rings. The van der Waals surface area contributed by atoms with Crippen LogP contribution in [0.5, 0.6) is 5.75 Å². The molecule has 0 atom stereocenters. The van der Waals surface area contributed by atoms with Gasteiger partial charge in [0.25, 0.3) is 0 Å². The number of hydrogen-bond acceptors (Lipinski definition) is 5. The summed E-state index contributed by atoms with van der Waals surface area (Å²) in [5, 5.41) is 4.15. The highest BCUT2D eigenvalue weighted by Crippen LogP contribution is 2.28. The zero-order valence-electron chi connectivity index (χ0n) is 14.4. The summed E-state index contributed by atoms with van der Waals surface area (Å²) in [7, 11) is -0.538. The topological polar surface area (TPSA) is 82.5 Å². The summed E-state index contributed by atoms with van der Waals surface area (Å²) < 4.78 is 40.8. The lowest BCUT2D eigenvalue weighted by Crippen LogP contribution is -2.39. The Kier molecular flexibility index (Phi) is 5.41. The maximum Gasteiger partial charge on any atom is 0.244 e. The highest BCUT2D eigenvalue weighted by Gasteiger charge is 2.27. The fourth-order valence-electron chi connectivity index (χ4n) is 3.14. The summed E-state index contributed by atoms with van der Waals surface area (Å²) in [6.07, 6.45) is 6.86. The van der Waals surface area contributed by atoms with E-state index in [1.54, 1.807) is 48.5 Å². The van der Waals surface area contributed by atoms with Gasteiger partial charge in [-0.1, -0.05) is 0 Å². The molecule has 1 aliphatic carbocycles. The van der Waals surface area contributed by atoms with E-state index in [0.717, 1.165) is 25.7 Å². The van der Waals surface area contributed by atoms with Crippen LogP contribution in [0.2, 0.25) is 0 Å². The van der Waals surface area contributed by atoms with E-state index in [-0.39, 0.29) is 17.0 Å². The average molecular weight is 365 g/mol. The molecule has 0 unspecified atom stereocenters. The number of hydrogen-bond donors (Lipinski definition) is 1. The van der Waals surface area contributed by atoms with Gasteiger partial charge in [-0.3, -0.25) is 0 Å². The summed E-state index contributed by atoms with van der Waals surface area (Å²) in [6, 6.07) is 6.69. The summed E-state index contributed by atoms with van der Waals surface area (Å²) in [6.45, 7) is 0. The molecule has 25 heavy (non-hydrogen) atoms. The molecule has 1 aromatic carbocycles. The predicted molar refractivity (Wildman–Crippen MR) is 93.5 cm³/mol. The van der Waals surface area contributed by atoms with Crippen LogP contribution >= 0.6 is 0 Å². The highest BCUT2D eigenvalue weighted by atomic mass is 32.2. The Morgan fingerprint density at radius 3 is 2.56 bits per heavy atom. The first-order valence-electron chi connectivity index (χ1n) is 8.26. The second-order valence-electron chi connectivity index (χ2n) is 6.12. The molecule has 136 valence electrons. The number of rotatable bonds is 6. The van der Waals surface area contributed by atoms with Crippen LogP contribution in [0.4, 0.5) is 0 Å². The second kappa shape index (κ2) is 7.55. The lowest BCUT2D eigenvalue weighted by molar-refractivity contribution is 0.0649. The molecule has 3 rings (SSSR count). The van der Waals surface area contributed by atoms with Crippen LogP contribution in [0, 0.1) is 0 Å². The Hall–Kier alpha value is -1.90. The maximum absolute atomic E-state index is 12.9. The van der Waals surface area contributed by atoms with Gasteiger partial charge in [-0.05, 0) is 49.9 Å². The Bertz CT molecular complexity index is 797. The zero-order valence-corrected chi connectivity index (χ0v) is 15.2.